The highest BCUT2D eigenvalue weighted by atomic mass is 16.5. The van der Waals surface area contributed by atoms with Gasteiger partial charge in [-0.1, -0.05) is 12.1 Å². The molecule has 10 nitrogen and oxygen atoms in total. The molecule has 33 heavy (non-hydrogen) atoms. The van der Waals surface area contributed by atoms with Crippen molar-refractivity contribution in [1.29, 1.82) is 0 Å². The first-order valence-electron chi connectivity index (χ1n) is 10.4. The second-order valence-corrected chi connectivity index (χ2v) is 7.69. The molecule has 0 saturated carbocycles. The number of hydrogen-bond acceptors (Lipinski definition) is 7. The van der Waals surface area contributed by atoms with Crippen molar-refractivity contribution in [3.8, 4) is 5.75 Å². The van der Waals surface area contributed by atoms with Crippen LogP contribution in [-0.4, -0.2) is 34.4 Å². The van der Waals surface area contributed by atoms with Gasteiger partial charge in [-0.05, 0) is 37.6 Å². The van der Waals surface area contributed by atoms with Gasteiger partial charge in [-0.2, -0.15) is 0 Å². The zero-order chi connectivity index (χ0) is 23.7. The lowest BCUT2D eigenvalue weighted by Gasteiger charge is -2.24. The van der Waals surface area contributed by atoms with Crippen LogP contribution < -0.4 is 26.7 Å². The van der Waals surface area contributed by atoms with Crippen LogP contribution in [0.15, 0.2) is 41.2 Å². The maximum atomic E-state index is 13.3. The number of para-hydroxylation sites is 1. The Morgan fingerprint density at radius 2 is 2.06 bits per heavy atom. The fourth-order valence-corrected chi connectivity index (χ4v) is 3.97. The van der Waals surface area contributed by atoms with E-state index >= 15 is 0 Å². The first-order chi connectivity index (χ1) is 15.8. The Morgan fingerprint density at radius 1 is 1.27 bits per heavy atom. The van der Waals surface area contributed by atoms with Gasteiger partial charge in [0.15, 0.2) is 0 Å². The second kappa shape index (κ2) is 8.83. The van der Waals surface area contributed by atoms with E-state index in [0.29, 0.717) is 28.3 Å². The molecule has 0 aliphatic carbocycles. The summed E-state index contributed by atoms with van der Waals surface area (Å²) in [7, 11) is 1.50. The number of carbonyl (C=O) groups excluding carboxylic acids is 3. The third kappa shape index (κ3) is 4.08. The first kappa shape index (κ1) is 22.2. The van der Waals surface area contributed by atoms with Crippen LogP contribution in [0.25, 0.3) is 10.9 Å². The first-order valence-corrected chi connectivity index (χ1v) is 10.4. The molecule has 1 aliphatic rings. The molecular weight excluding hydrogens is 426 g/mol. The van der Waals surface area contributed by atoms with Crippen molar-refractivity contribution >= 4 is 34.3 Å². The van der Waals surface area contributed by atoms with Crippen LogP contribution in [0, 0.1) is 6.92 Å². The average Bonchev–Trinajstić information content (AvgIpc) is 2.80. The van der Waals surface area contributed by atoms with Crippen molar-refractivity contribution in [2.75, 3.05) is 12.4 Å². The molecule has 1 atom stereocenters. The number of nitrogens with one attached hydrogen (secondary N) is 2. The molecule has 0 radical (unpaired) electrons. The third-order valence-corrected chi connectivity index (χ3v) is 5.65. The molecule has 1 fully saturated rings. The minimum atomic E-state index is -0.820. The maximum absolute atomic E-state index is 13.3. The van der Waals surface area contributed by atoms with E-state index in [1.165, 1.54) is 11.7 Å². The average molecular weight is 449 g/mol. The molecule has 1 aliphatic heterocycles. The summed E-state index contributed by atoms with van der Waals surface area (Å²) in [6.07, 6.45) is 0.360. The Hall–Kier alpha value is -4.05. The van der Waals surface area contributed by atoms with E-state index in [1.54, 1.807) is 43.3 Å². The molecule has 170 valence electrons. The summed E-state index contributed by atoms with van der Waals surface area (Å²) in [6, 6.07) is 8.99. The summed E-state index contributed by atoms with van der Waals surface area (Å²) in [5.41, 5.74) is 7.06. The number of benzene rings is 2. The van der Waals surface area contributed by atoms with E-state index in [4.69, 9.17) is 10.5 Å². The van der Waals surface area contributed by atoms with Crippen LogP contribution in [-0.2, 0) is 16.1 Å². The summed E-state index contributed by atoms with van der Waals surface area (Å²) < 4.78 is 6.59. The molecule has 4 N–H and O–H groups in total. The van der Waals surface area contributed by atoms with Crippen LogP contribution in [0.4, 0.5) is 5.69 Å². The second-order valence-electron chi connectivity index (χ2n) is 7.69. The van der Waals surface area contributed by atoms with Crippen molar-refractivity contribution in [2.24, 2.45) is 5.73 Å². The predicted molar refractivity (Wildman–Crippen MR) is 121 cm³/mol. The lowest BCUT2D eigenvalue weighted by atomic mass is 10.1. The van der Waals surface area contributed by atoms with Gasteiger partial charge >= 0.3 is 0 Å². The number of methoxy groups -OCH3 is 1. The summed E-state index contributed by atoms with van der Waals surface area (Å²) in [4.78, 5) is 54.5. The van der Waals surface area contributed by atoms with Crippen LogP contribution >= 0.6 is 0 Å². The highest BCUT2D eigenvalue weighted by molar-refractivity contribution is 6.08. The van der Waals surface area contributed by atoms with Crippen molar-refractivity contribution in [2.45, 2.75) is 32.4 Å². The predicted octanol–water partition coefficient (Wildman–Crippen LogP) is 1.40. The molecule has 3 amide bonds. The molecular formula is C23H23N5O5. The van der Waals surface area contributed by atoms with Crippen LogP contribution in [0.1, 0.15) is 40.6 Å². The van der Waals surface area contributed by atoms with E-state index in [9.17, 15) is 19.2 Å². The maximum Gasteiger partial charge on any atom is 0.262 e. The van der Waals surface area contributed by atoms with Gasteiger partial charge in [0, 0.05) is 24.1 Å². The van der Waals surface area contributed by atoms with Crippen molar-refractivity contribution in [3.05, 3.63) is 63.7 Å². The number of nitrogens with zero attached hydrogens (tertiary/aromatic N) is 2. The van der Waals surface area contributed by atoms with Crippen molar-refractivity contribution in [3.63, 3.8) is 0 Å². The molecule has 2 heterocycles. The monoisotopic (exact) mass is 449 g/mol. The molecule has 10 heteroatoms. The molecule has 0 bridgehead atoms. The number of carbonyl (C=O) groups is 3. The Kier molecular flexibility index (Phi) is 5.93. The van der Waals surface area contributed by atoms with Gasteiger partial charge in [-0.15, -0.1) is 0 Å². The lowest BCUT2D eigenvalue weighted by molar-refractivity contribution is -0.135. The number of amides is 3. The molecule has 1 aromatic heterocycles. The van der Waals surface area contributed by atoms with E-state index in [0.717, 1.165) is 5.56 Å². The smallest absolute Gasteiger partial charge is 0.262 e. The number of nitrogens with two attached hydrogens (primary N) is 1. The molecule has 0 spiro atoms. The zero-order valence-corrected chi connectivity index (χ0v) is 18.2. The highest BCUT2D eigenvalue weighted by Crippen LogP contribution is 2.25. The largest absolute Gasteiger partial charge is 0.496 e. The van der Waals surface area contributed by atoms with E-state index in [1.807, 2.05) is 0 Å². The Balaban J connectivity index is 1.72. The summed E-state index contributed by atoms with van der Waals surface area (Å²) >= 11 is 0. The third-order valence-electron chi connectivity index (χ3n) is 5.65. The number of hydrogen-bond donors (Lipinski definition) is 3. The van der Waals surface area contributed by atoms with Gasteiger partial charge in [0.2, 0.25) is 11.8 Å². The van der Waals surface area contributed by atoms with Gasteiger partial charge in [0.25, 0.3) is 11.5 Å². The molecule has 1 saturated heterocycles. The summed E-state index contributed by atoms with van der Waals surface area (Å²) in [5, 5.41) is 5.31. The Bertz CT molecular complexity index is 1350. The zero-order valence-electron chi connectivity index (χ0n) is 18.2. The normalized spacial score (nSPS) is 15.9. The standard InChI is InChI=1S/C23H23N5O5/c1-12-25-20-15(23(32)28(12)17-8-9-19(29)27-22(17)31)4-3-5-16(20)26-21(30)13-6-7-14(11-24)18(10-13)33-2/h3-7,10,17H,8-9,11,24H2,1-2H3,(H,26,30)(H,27,29,31). The Labute approximate surface area is 188 Å². The fourth-order valence-electron chi connectivity index (χ4n) is 3.97. The van der Waals surface area contributed by atoms with Gasteiger partial charge in [-0.3, -0.25) is 29.1 Å². The van der Waals surface area contributed by atoms with Crippen LogP contribution in [0.2, 0.25) is 0 Å². The molecule has 2 aromatic carbocycles. The number of aryl methyl sites for hydroxylation is 1. The number of rotatable bonds is 5. The van der Waals surface area contributed by atoms with Gasteiger partial charge < -0.3 is 15.8 Å². The highest BCUT2D eigenvalue weighted by Gasteiger charge is 2.30. The van der Waals surface area contributed by atoms with Crippen molar-refractivity contribution < 1.29 is 19.1 Å². The summed E-state index contributed by atoms with van der Waals surface area (Å²) in [5.74, 6) is -0.492. The van der Waals surface area contributed by atoms with Gasteiger partial charge in [-0.25, -0.2) is 4.98 Å². The number of imide groups is 1. The minimum absolute atomic E-state index is 0.142. The number of aromatic nitrogens is 2. The van der Waals surface area contributed by atoms with Crippen LogP contribution in [0.3, 0.4) is 0 Å². The number of anilines is 1. The van der Waals surface area contributed by atoms with E-state index in [-0.39, 0.29) is 30.7 Å². The number of ether oxygens (including phenoxy) is 1. The topological polar surface area (TPSA) is 145 Å². The summed E-state index contributed by atoms with van der Waals surface area (Å²) in [6.45, 7) is 1.89. The number of piperidine rings is 1. The molecule has 4 rings (SSSR count). The SMILES string of the molecule is COc1cc(C(=O)Nc2cccc3c(=O)n(C4CCC(=O)NC4=O)c(C)nc23)ccc1CN. The van der Waals surface area contributed by atoms with Gasteiger partial charge in [0.1, 0.15) is 23.1 Å². The minimum Gasteiger partial charge on any atom is -0.496 e. The molecule has 1 unspecified atom stereocenters. The van der Waals surface area contributed by atoms with Gasteiger partial charge in [0.05, 0.1) is 18.2 Å². The van der Waals surface area contributed by atoms with Crippen LogP contribution in [0.5, 0.6) is 5.75 Å². The van der Waals surface area contributed by atoms with Crippen molar-refractivity contribution in [1.82, 2.24) is 14.9 Å². The van der Waals surface area contributed by atoms with E-state index in [2.05, 4.69) is 15.6 Å². The quantitative estimate of drug-likeness (QED) is 0.499. The molecule has 3 aromatic rings. The fraction of sp³-hybridized carbons (Fsp3) is 0.261. The van der Waals surface area contributed by atoms with E-state index < -0.39 is 23.4 Å². The Morgan fingerprint density at radius 3 is 2.76 bits per heavy atom. The lowest BCUT2D eigenvalue weighted by Crippen LogP contribution is -2.45. The number of fused-ring (bicyclic) bond motifs is 1.